The van der Waals surface area contributed by atoms with Gasteiger partial charge in [-0.1, -0.05) is 35.2 Å². The highest BCUT2D eigenvalue weighted by Crippen LogP contribution is 2.29. The van der Waals surface area contributed by atoms with Crippen molar-refractivity contribution in [2.75, 3.05) is 19.5 Å². The van der Waals surface area contributed by atoms with Crippen LogP contribution in [-0.2, 0) is 6.42 Å². The predicted octanol–water partition coefficient (Wildman–Crippen LogP) is 3.12. The molecule has 0 saturated carbocycles. The normalized spacial score (nSPS) is 12.0. The van der Waals surface area contributed by atoms with Crippen LogP contribution < -0.4 is 9.47 Å². The molecule has 1 aromatic carbocycles. The zero-order valence-electron chi connectivity index (χ0n) is 13.2. The van der Waals surface area contributed by atoms with E-state index in [4.69, 9.17) is 9.47 Å². The van der Waals surface area contributed by atoms with Crippen LogP contribution in [0.25, 0.3) is 0 Å². The first-order chi connectivity index (χ1) is 11.1. The van der Waals surface area contributed by atoms with Crippen LogP contribution in [0.3, 0.4) is 0 Å². The maximum Gasteiger partial charge on any atom is 0.174 e. The van der Waals surface area contributed by atoms with Crippen molar-refractivity contribution in [3.8, 4) is 11.5 Å². The Hall–Kier alpha value is -1.57. The van der Waals surface area contributed by atoms with Crippen molar-refractivity contribution in [1.29, 1.82) is 0 Å². The lowest BCUT2D eigenvalue weighted by Gasteiger charge is -2.14. The number of hydrogen-bond acceptors (Lipinski definition) is 7. The summed E-state index contributed by atoms with van der Waals surface area (Å²) in [7, 11) is 1.60. The lowest BCUT2D eigenvalue weighted by molar-refractivity contribution is 0.124. The van der Waals surface area contributed by atoms with Crippen LogP contribution >= 0.6 is 23.1 Å². The van der Waals surface area contributed by atoms with E-state index in [9.17, 15) is 5.11 Å². The Balaban J connectivity index is 1.85. The smallest absolute Gasteiger partial charge is 0.174 e. The third-order valence-corrected chi connectivity index (χ3v) is 5.06. The summed E-state index contributed by atoms with van der Waals surface area (Å²) in [6.45, 7) is 5.83. The van der Waals surface area contributed by atoms with Gasteiger partial charge < -0.3 is 14.6 Å². The lowest BCUT2D eigenvalue weighted by atomic mass is 10.1. The molecule has 0 fully saturated rings. The van der Waals surface area contributed by atoms with Crippen molar-refractivity contribution in [2.24, 2.45) is 0 Å². The summed E-state index contributed by atoms with van der Waals surface area (Å²) in [6.07, 6.45) is 2.02. The zero-order chi connectivity index (χ0) is 16.7. The van der Waals surface area contributed by atoms with Crippen LogP contribution in [0.2, 0.25) is 0 Å². The van der Waals surface area contributed by atoms with Crippen molar-refractivity contribution in [3.63, 3.8) is 0 Å². The van der Waals surface area contributed by atoms with Crippen molar-refractivity contribution < 1.29 is 14.6 Å². The molecule has 1 unspecified atom stereocenters. The van der Waals surface area contributed by atoms with Gasteiger partial charge in [0.15, 0.2) is 15.8 Å². The molecule has 2 aromatic rings. The van der Waals surface area contributed by atoms with Crippen molar-refractivity contribution >= 4 is 23.1 Å². The maximum atomic E-state index is 10.0. The van der Waals surface area contributed by atoms with E-state index in [1.165, 1.54) is 23.1 Å². The summed E-state index contributed by atoms with van der Waals surface area (Å²) in [4.78, 5) is 0. The van der Waals surface area contributed by atoms with E-state index in [2.05, 4.69) is 16.8 Å². The minimum absolute atomic E-state index is 0.196. The molecule has 0 saturated heterocycles. The SMILES string of the molecule is C=CCc1ccc(OCC(O)CSc2nnc(C)s2)c(OC)c1. The van der Waals surface area contributed by atoms with Gasteiger partial charge in [-0.25, -0.2) is 0 Å². The molecule has 124 valence electrons. The quantitative estimate of drug-likeness (QED) is 0.553. The molecule has 23 heavy (non-hydrogen) atoms. The Morgan fingerprint density at radius 3 is 2.87 bits per heavy atom. The number of hydrogen-bond donors (Lipinski definition) is 1. The Morgan fingerprint density at radius 1 is 1.39 bits per heavy atom. The standard InChI is InChI=1S/C16H20N2O3S2/c1-4-5-12-6-7-14(15(8-12)20-3)21-9-13(19)10-22-16-18-17-11(2)23-16/h4,6-8,13,19H,1,5,9-10H2,2-3H3. The van der Waals surface area contributed by atoms with E-state index in [1.54, 1.807) is 7.11 Å². The van der Waals surface area contributed by atoms with Gasteiger partial charge in [0.05, 0.1) is 13.2 Å². The Kier molecular flexibility index (Phi) is 6.88. The van der Waals surface area contributed by atoms with E-state index >= 15 is 0 Å². The molecule has 0 bridgehead atoms. The lowest BCUT2D eigenvalue weighted by Crippen LogP contribution is -2.20. The van der Waals surface area contributed by atoms with Crippen LogP contribution in [0.5, 0.6) is 11.5 Å². The monoisotopic (exact) mass is 352 g/mol. The molecular formula is C16H20N2O3S2. The molecule has 0 aliphatic carbocycles. The third-order valence-electron chi connectivity index (χ3n) is 2.95. The van der Waals surface area contributed by atoms with E-state index in [0.29, 0.717) is 17.3 Å². The fourth-order valence-corrected chi connectivity index (χ4v) is 3.61. The molecular weight excluding hydrogens is 332 g/mol. The second-order valence-electron chi connectivity index (χ2n) is 4.84. The molecule has 1 aromatic heterocycles. The molecule has 0 radical (unpaired) electrons. The second kappa shape index (κ2) is 8.90. The Morgan fingerprint density at radius 2 is 2.22 bits per heavy atom. The van der Waals surface area contributed by atoms with Gasteiger partial charge >= 0.3 is 0 Å². The first-order valence-corrected chi connectivity index (χ1v) is 8.94. The minimum Gasteiger partial charge on any atom is -0.493 e. The van der Waals surface area contributed by atoms with E-state index in [-0.39, 0.29) is 6.61 Å². The number of aliphatic hydroxyl groups excluding tert-OH is 1. The molecule has 1 heterocycles. The maximum absolute atomic E-state index is 10.0. The summed E-state index contributed by atoms with van der Waals surface area (Å²) < 4.78 is 11.9. The summed E-state index contributed by atoms with van der Waals surface area (Å²) in [6, 6.07) is 5.73. The molecule has 0 spiro atoms. The van der Waals surface area contributed by atoms with E-state index < -0.39 is 6.10 Å². The molecule has 0 amide bonds. The van der Waals surface area contributed by atoms with Gasteiger partial charge in [-0.3, -0.25) is 0 Å². The second-order valence-corrected chi connectivity index (χ2v) is 7.29. The molecule has 0 aliphatic rings. The van der Waals surface area contributed by atoms with Gasteiger partial charge in [0.2, 0.25) is 0 Å². The average Bonchev–Trinajstić information content (AvgIpc) is 2.97. The number of aryl methyl sites for hydroxylation is 1. The number of ether oxygens (including phenoxy) is 2. The number of allylic oxidation sites excluding steroid dienone is 1. The number of aromatic nitrogens is 2. The average molecular weight is 352 g/mol. The molecule has 2 rings (SSSR count). The molecule has 1 atom stereocenters. The largest absolute Gasteiger partial charge is 0.493 e. The Bertz CT molecular complexity index is 646. The highest BCUT2D eigenvalue weighted by molar-refractivity contribution is 8.01. The van der Waals surface area contributed by atoms with Gasteiger partial charge in [-0.2, -0.15) is 0 Å². The third kappa shape index (κ3) is 5.53. The fraction of sp³-hybridized carbons (Fsp3) is 0.375. The molecule has 5 nitrogen and oxygen atoms in total. The summed E-state index contributed by atoms with van der Waals surface area (Å²) in [5.74, 6) is 1.78. The van der Waals surface area contributed by atoms with Crippen LogP contribution in [-0.4, -0.2) is 40.9 Å². The van der Waals surface area contributed by atoms with Crippen LogP contribution in [0.1, 0.15) is 10.6 Å². The fourth-order valence-electron chi connectivity index (χ4n) is 1.86. The van der Waals surface area contributed by atoms with Crippen molar-refractivity contribution in [1.82, 2.24) is 10.2 Å². The highest BCUT2D eigenvalue weighted by atomic mass is 32.2. The number of rotatable bonds is 9. The first-order valence-electron chi connectivity index (χ1n) is 7.14. The topological polar surface area (TPSA) is 64.5 Å². The van der Waals surface area contributed by atoms with E-state index in [1.807, 2.05) is 31.2 Å². The molecule has 1 N–H and O–H groups in total. The van der Waals surface area contributed by atoms with Gasteiger partial charge in [0, 0.05) is 5.75 Å². The molecule has 0 aliphatic heterocycles. The zero-order valence-corrected chi connectivity index (χ0v) is 14.8. The van der Waals surface area contributed by atoms with Gasteiger partial charge in [0.25, 0.3) is 0 Å². The van der Waals surface area contributed by atoms with Gasteiger partial charge in [-0.05, 0) is 31.0 Å². The number of aliphatic hydroxyl groups is 1. The van der Waals surface area contributed by atoms with Gasteiger partial charge in [-0.15, -0.1) is 16.8 Å². The Labute approximate surface area is 144 Å². The first kappa shape index (κ1) is 17.8. The summed E-state index contributed by atoms with van der Waals surface area (Å²) in [5, 5.41) is 18.9. The van der Waals surface area contributed by atoms with Crippen LogP contribution in [0.4, 0.5) is 0 Å². The minimum atomic E-state index is -0.596. The number of benzene rings is 1. The van der Waals surface area contributed by atoms with Crippen LogP contribution in [0, 0.1) is 6.92 Å². The number of thioether (sulfide) groups is 1. The summed E-state index contributed by atoms with van der Waals surface area (Å²) in [5.41, 5.74) is 1.10. The molecule has 7 heteroatoms. The predicted molar refractivity (Wildman–Crippen MR) is 93.8 cm³/mol. The van der Waals surface area contributed by atoms with Crippen molar-refractivity contribution in [3.05, 3.63) is 41.4 Å². The van der Waals surface area contributed by atoms with Gasteiger partial charge in [0.1, 0.15) is 11.6 Å². The highest BCUT2D eigenvalue weighted by Gasteiger charge is 2.11. The van der Waals surface area contributed by atoms with Crippen LogP contribution in [0.15, 0.2) is 35.2 Å². The number of methoxy groups -OCH3 is 1. The number of nitrogens with zero attached hydrogens (tertiary/aromatic N) is 2. The summed E-state index contributed by atoms with van der Waals surface area (Å²) >= 11 is 2.99. The van der Waals surface area contributed by atoms with E-state index in [0.717, 1.165) is 21.3 Å². The van der Waals surface area contributed by atoms with Crippen molar-refractivity contribution in [2.45, 2.75) is 23.8 Å².